The third-order valence-corrected chi connectivity index (χ3v) is 12.1. The summed E-state index contributed by atoms with van der Waals surface area (Å²) in [4.78, 5) is 10.2. The first kappa shape index (κ1) is 25.0. The number of nitrogens with zero attached hydrogens (tertiary/aromatic N) is 4. The van der Waals surface area contributed by atoms with Gasteiger partial charge in [0, 0.05) is 33.4 Å². The summed E-state index contributed by atoms with van der Waals surface area (Å²) >= 11 is 1.89. The van der Waals surface area contributed by atoms with Gasteiger partial charge >= 0.3 is 14.0 Å². The lowest BCUT2D eigenvalue weighted by atomic mass is 9.59. The SMILES string of the molecule is c1ccc2c(c1)Oc1cccc3c1B1N(c4ccccc4-3)c3sc4c(c3N12)N1B2c3c(cccc3-c3ccccc3N24)Oc2ccccc21. The summed E-state index contributed by atoms with van der Waals surface area (Å²) in [6.07, 6.45) is 0. The molecule has 0 saturated heterocycles. The predicted octanol–water partition coefficient (Wildman–Crippen LogP) is 9.29. The number of anilines is 8. The van der Waals surface area contributed by atoms with Crippen molar-refractivity contribution in [3.63, 3.8) is 0 Å². The highest BCUT2D eigenvalue weighted by molar-refractivity contribution is 7.25. The molecule has 0 spiro atoms. The third-order valence-electron chi connectivity index (χ3n) is 11.0. The molecule has 7 heterocycles. The lowest BCUT2D eigenvalue weighted by molar-refractivity contribution is 0.489. The lowest BCUT2D eigenvalue weighted by Crippen LogP contribution is -2.55. The Morgan fingerprint density at radius 2 is 0.755 bits per heavy atom. The fraction of sp³-hybridized carbons (Fsp3) is 0. The molecule has 0 aliphatic carbocycles. The molecule has 13 rings (SSSR count). The van der Waals surface area contributed by atoms with Crippen molar-refractivity contribution in [3.05, 3.63) is 133 Å². The van der Waals surface area contributed by atoms with E-state index in [4.69, 9.17) is 9.47 Å². The van der Waals surface area contributed by atoms with Gasteiger partial charge in [-0.25, -0.2) is 0 Å². The second-order valence-electron chi connectivity index (χ2n) is 13.2. The first-order chi connectivity index (χ1) is 24.3. The molecule has 226 valence electrons. The molecule has 6 aliphatic rings. The fourth-order valence-corrected chi connectivity index (χ4v) is 10.5. The Bertz CT molecular complexity index is 2480. The Labute approximate surface area is 286 Å². The lowest BCUT2D eigenvalue weighted by Gasteiger charge is -2.36. The van der Waals surface area contributed by atoms with Crippen molar-refractivity contribution in [2.75, 3.05) is 19.2 Å². The number of ether oxygens (including phenoxy) is 2. The Morgan fingerprint density at radius 1 is 0.367 bits per heavy atom. The molecule has 1 aromatic heterocycles. The molecular weight excluding hydrogens is 622 g/mol. The molecule has 6 nitrogen and oxygen atoms in total. The van der Waals surface area contributed by atoms with Crippen molar-refractivity contribution >= 4 is 80.4 Å². The molecule has 0 bridgehead atoms. The van der Waals surface area contributed by atoms with Gasteiger partial charge in [0.25, 0.3) is 0 Å². The van der Waals surface area contributed by atoms with Crippen LogP contribution in [-0.4, -0.2) is 14.0 Å². The number of hydrogen-bond donors (Lipinski definition) is 0. The largest absolute Gasteiger partial charge is 0.456 e. The van der Waals surface area contributed by atoms with E-state index in [-0.39, 0.29) is 14.0 Å². The molecule has 49 heavy (non-hydrogen) atoms. The van der Waals surface area contributed by atoms with Crippen LogP contribution in [0.15, 0.2) is 133 Å². The van der Waals surface area contributed by atoms with Crippen LogP contribution in [0.25, 0.3) is 22.3 Å². The molecule has 0 N–H and O–H groups in total. The fourth-order valence-electron chi connectivity index (χ4n) is 9.17. The van der Waals surface area contributed by atoms with Crippen LogP contribution in [-0.2, 0) is 0 Å². The highest BCUT2D eigenvalue weighted by atomic mass is 32.1. The van der Waals surface area contributed by atoms with Crippen LogP contribution >= 0.6 is 11.3 Å². The van der Waals surface area contributed by atoms with Gasteiger partial charge in [-0.1, -0.05) is 96.3 Å². The average molecular weight is 644 g/mol. The zero-order valence-electron chi connectivity index (χ0n) is 25.9. The van der Waals surface area contributed by atoms with Gasteiger partial charge in [0.2, 0.25) is 0 Å². The number of thiophene rings is 1. The number of para-hydroxylation sites is 6. The van der Waals surface area contributed by atoms with Crippen molar-refractivity contribution in [1.82, 2.24) is 0 Å². The minimum atomic E-state index is -0.109. The molecule has 0 fully saturated rings. The van der Waals surface area contributed by atoms with Crippen LogP contribution in [0.5, 0.6) is 23.0 Å². The van der Waals surface area contributed by atoms with Gasteiger partial charge in [0.05, 0.1) is 22.7 Å². The van der Waals surface area contributed by atoms with Crippen LogP contribution in [0.4, 0.5) is 44.1 Å². The van der Waals surface area contributed by atoms with E-state index >= 15 is 0 Å². The Balaban J connectivity index is 1.19. The van der Waals surface area contributed by atoms with E-state index in [0.29, 0.717) is 0 Å². The number of hydrogen-bond acceptors (Lipinski definition) is 7. The minimum absolute atomic E-state index is 0.109. The van der Waals surface area contributed by atoms with Crippen molar-refractivity contribution in [2.24, 2.45) is 0 Å². The predicted molar refractivity (Wildman–Crippen MR) is 200 cm³/mol. The molecule has 0 amide bonds. The first-order valence-corrected chi connectivity index (χ1v) is 17.5. The highest BCUT2D eigenvalue weighted by Gasteiger charge is 2.59. The molecule has 6 aliphatic heterocycles. The Hall–Kier alpha value is -6.05. The smallest absolute Gasteiger partial charge is 0.426 e. The minimum Gasteiger partial charge on any atom is -0.456 e. The first-order valence-electron chi connectivity index (χ1n) is 16.7. The van der Waals surface area contributed by atoms with Gasteiger partial charge < -0.3 is 28.7 Å². The molecule has 0 atom stereocenters. The van der Waals surface area contributed by atoms with Gasteiger partial charge in [-0.3, -0.25) is 0 Å². The maximum absolute atomic E-state index is 6.85. The zero-order valence-corrected chi connectivity index (χ0v) is 26.7. The molecule has 6 aromatic carbocycles. The second kappa shape index (κ2) is 8.50. The summed E-state index contributed by atoms with van der Waals surface area (Å²) in [5, 5.41) is 2.47. The van der Waals surface area contributed by atoms with Crippen molar-refractivity contribution in [3.8, 4) is 45.3 Å². The van der Waals surface area contributed by atoms with Crippen LogP contribution < -0.4 is 39.6 Å². The Morgan fingerprint density at radius 3 is 1.24 bits per heavy atom. The van der Waals surface area contributed by atoms with Crippen LogP contribution in [0.1, 0.15) is 0 Å². The number of benzene rings is 6. The van der Waals surface area contributed by atoms with Crippen LogP contribution in [0.2, 0.25) is 0 Å². The van der Waals surface area contributed by atoms with E-state index in [2.05, 4.69) is 153 Å². The van der Waals surface area contributed by atoms with Crippen LogP contribution in [0.3, 0.4) is 0 Å². The third kappa shape index (κ3) is 2.82. The summed E-state index contributed by atoms with van der Waals surface area (Å²) in [5.74, 6) is 3.52. The molecule has 9 heteroatoms. The topological polar surface area (TPSA) is 31.4 Å². The van der Waals surface area contributed by atoms with E-state index in [1.807, 2.05) is 11.3 Å². The normalized spacial score (nSPS) is 15.4. The Kier molecular flexibility index (Phi) is 4.34. The highest BCUT2D eigenvalue weighted by Crippen LogP contribution is 2.69. The summed E-state index contributed by atoms with van der Waals surface area (Å²) in [6.45, 7) is -0.218. The number of fused-ring (bicyclic) bond motifs is 17. The van der Waals surface area contributed by atoms with Gasteiger partial charge in [-0.2, -0.15) is 0 Å². The second-order valence-corrected chi connectivity index (χ2v) is 14.2. The van der Waals surface area contributed by atoms with E-state index in [1.54, 1.807) is 0 Å². The van der Waals surface area contributed by atoms with Gasteiger partial charge in [-0.15, -0.1) is 0 Å². The quantitative estimate of drug-likeness (QED) is 0.153. The summed E-state index contributed by atoms with van der Waals surface area (Å²) in [5.41, 5.74) is 14.2. The molecular formula is C40H22B2N4O2S. The van der Waals surface area contributed by atoms with E-state index in [0.717, 1.165) is 34.4 Å². The van der Waals surface area contributed by atoms with Crippen molar-refractivity contribution in [1.29, 1.82) is 0 Å². The summed E-state index contributed by atoms with van der Waals surface area (Å²) in [7, 11) is 0. The summed E-state index contributed by atoms with van der Waals surface area (Å²) in [6, 6.07) is 47.7. The molecule has 0 saturated carbocycles. The average Bonchev–Trinajstić information content (AvgIpc) is 3.71. The summed E-state index contributed by atoms with van der Waals surface area (Å²) < 4.78 is 13.7. The van der Waals surface area contributed by atoms with E-state index < -0.39 is 0 Å². The maximum atomic E-state index is 6.85. The van der Waals surface area contributed by atoms with E-state index in [9.17, 15) is 0 Å². The van der Waals surface area contributed by atoms with Gasteiger partial charge in [-0.05, 0) is 59.7 Å². The molecule has 0 unspecified atom stereocenters. The van der Waals surface area contributed by atoms with Crippen molar-refractivity contribution in [2.45, 2.75) is 0 Å². The van der Waals surface area contributed by atoms with Crippen molar-refractivity contribution < 1.29 is 9.47 Å². The molecule has 0 radical (unpaired) electrons. The molecule has 7 aromatic rings. The van der Waals surface area contributed by atoms with Crippen LogP contribution in [0, 0.1) is 0 Å². The zero-order chi connectivity index (χ0) is 31.5. The number of rotatable bonds is 0. The monoisotopic (exact) mass is 644 g/mol. The van der Waals surface area contributed by atoms with Gasteiger partial charge in [0.1, 0.15) is 33.0 Å². The standard InChI is InChI=1S/C40H22B2N4O2S/c1-3-15-27-23(11-1)25-13-9-21-33-35(25)41-43(29-17-5-7-19-31(29)47-33)37-38-40(49-39(37)45(27)41)46-28-16-4-2-12-24(28)26-14-10-22-34-36(26)42(46)44(38)30-18-6-8-20-32(30)48-34/h1-22H. The maximum Gasteiger partial charge on any atom is 0.426 e. The van der Waals surface area contributed by atoms with Gasteiger partial charge in [0.15, 0.2) is 0 Å². The van der Waals surface area contributed by atoms with E-state index in [1.165, 1.54) is 65.9 Å².